The molecule has 0 heterocycles. The number of esters is 3. The summed E-state index contributed by atoms with van der Waals surface area (Å²) < 4.78 is 39.3. The standard InChI is InChI=1S/C56H97O11P/c1-4-7-10-13-16-19-22-25-26-29-32-35-38-41-44-47-56(60)67-53(49-63-54(58)45-42-39-36-33-30-27-23-20-17-14-11-8-5-2)51-65-68(61,62)64-50-52(48-57)66-55(59)46-43-40-37-34-31-28-24-21-18-15-12-9-6-3/h8,11,16-17,19-20,25-27,30,36,39,52-53,57H,4-7,9-10,12-15,18,21-24,28-29,31-35,37-38,40-51H2,1-3H3,(H,61,62)/b11-8-,19-16-,20-17-,26-25-,30-27-,39-36-. The van der Waals surface area contributed by atoms with Crippen molar-refractivity contribution < 1.29 is 52.2 Å². The third-order valence-corrected chi connectivity index (χ3v) is 12.1. The zero-order chi connectivity index (χ0) is 49.9. The lowest BCUT2D eigenvalue weighted by atomic mass is 10.0. The summed E-state index contributed by atoms with van der Waals surface area (Å²) in [6.07, 6.45) is 54.5. The van der Waals surface area contributed by atoms with Crippen molar-refractivity contribution in [3.8, 4) is 0 Å². The second kappa shape index (κ2) is 50.3. The lowest BCUT2D eigenvalue weighted by Crippen LogP contribution is -2.30. The van der Waals surface area contributed by atoms with Gasteiger partial charge in [-0.2, -0.15) is 0 Å². The van der Waals surface area contributed by atoms with Crippen molar-refractivity contribution in [2.75, 3.05) is 26.4 Å². The van der Waals surface area contributed by atoms with Crippen LogP contribution in [0.1, 0.15) is 226 Å². The topological polar surface area (TPSA) is 155 Å². The van der Waals surface area contributed by atoms with Crippen molar-refractivity contribution in [3.05, 3.63) is 72.9 Å². The molecule has 0 spiro atoms. The van der Waals surface area contributed by atoms with Crippen LogP contribution in [0.2, 0.25) is 0 Å². The van der Waals surface area contributed by atoms with Gasteiger partial charge in [-0.15, -0.1) is 0 Å². The fourth-order valence-corrected chi connectivity index (χ4v) is 7.83. The predicted molar refractivity (Wildman–Crippen MR) is 279 cm³/mol. The molecule has 0 saturated carbocycles. The van der Waals surface area contributed by atoms with Crippen LogP contribution in [0.5, 0.6) is 0 Å². The molecular weight excluding hydrogens is 880 g/mol. The molecule has 0 aromatic carbocycles. The van der Waals surface area contributed by atoms with E-state index in [4.69, 9.17) is 23.3 Å². The number of hydrogen-bond donors (Lipinski definition) is 2. The van der Waals surface area contributed by atoms with Gasteiger partial charge in [0.15, 0.2) is 6.10 Å². The molecule has 12 heteroatoms. The summed E-state index contributed by atoms with van der Waals surface area (Å²) in [5, 5.41) is 9.78. The molecule has 68 heavy (non-hydrogen) atoms. The van der Waals surface area contributed by atoms with Gasteiger partial charge >= 0.3 is 25.7 Å². The fraction of sp³-hybridized carbons (Fsp3) is 0.732. The van der Waals surface area contributed by atoms with Crippen molar-refractivity contribution in [2.45, 2.75) is 238 Å². The number of allylic oxidation sites excluding steroid dienone is 12. The number of aliphatic hydroxyl groups excluding tert-OH is 1. The first-order chi connectivity index (χ1) is 33.2. The molecule has 0 amide bonds. The van der Waals surface area contributed by atoms with E-state index in [-0.39, 0.29) is 25.9 Å². The maximum Gasteiger partial charge on any atom is 0.472 e. The maximum absolute atomic E-state index is 12.9. The normalized spacial score (nSPS) is 14.0. The van der Waals surface area contributed by atoms with Gasteiger partial charge in [-0.1, -0.05) is 203 Å². The van der Waals surface area contributed by atoms with E-state index in [0.29, 0.717) is 19.3 Å². The Morgan fingerprint density at radius 2 is 0.794 bits per heavy atom. The van der Waals surface area contributed by atoms with Crippen molar-refractivity contribution in [1.29, 1.82) is 0 Å². The van der Waals surface area contributed by atoms with Gasteiger partial charge in [-0.3, -0.25) is 23.4 Å². The monoisotopic (exact) mass is 977 g/mol. The van der Waals surface area contributed by atoms with Gasteiger partial charge in [0.2, 0.25) is 0 Å². The number of phosphoric acid groups is 1. The average molecular weight is 977 g/mol. The van der Waals surface area contributed by atoms with Crippen LogP contribution in [-0.4, -0.2) is 66.5 Å². The quantitative estimate of drug-likeness (QED) is 0.0197. The first kappa shape index (κ1) is 64.9. The second-order valence-corrected chi connectivity index (χ2v) is 19.1. The third kappa shape index (κ3) is 48.0. The molecule has 392 valence electrons. The smallest absolute Gasteiger partial charge is 0.462 e. The van der Waals surface area contributed by atoms with Crippen molar-refractivity contribution in [3.63, 3.8) is 0 Å². The molecule has 0 aromatic rings. The van der Waals surface area contributed by atoms with E-state index >= 15 is 0 Å². The van der Waals surface area contributed by atoms with Crippen LogP contribution in [0.4, 0.5) is 0 Å². The number of phosphoric ester groups is 1. The average Bonchev–Trinajstić information content (AvgIpc) is 3.32. The zero-order valence-electron chi connectivity index (χ0n) is 43.1. The SMILES string of the molecule is CC/C=C\C/C=C\C/C=C\C/C=C\CCC(=O)OCC(COP(=O)(O)OCC(CO)OC(=O)CCCCCCCCCCCCCCC)OC(=O)CCCCCCC/C=C\C/C=C\CCCCC. The van der Waals surface area contributed by atoms with Crippen molar-refractivity contribution in [1.82, 2.24) is 0 Å². The van der Waals surface area contributed by atoms with Crippen LogP contribution in [-0.2, 0) is 42.2 Å². The molecule has 0 saturated heterocycles. The van der Waals surface area contributed by atoms with Crippen LogP contribution in [0.3, 0.4) is 0 Å². The van der Waals surface area contributed by atoms with Gasteiger partial charge < -0.3 is 24.2 Å². The first-order valence-corrected chi connectivity index (χ1v) is 28.3. The first-order valence-electron chi connectivity index (χ1n) is 26.8. The molecule has 0 aliphatic rings. The van der Waals surface area contributed by atoms with Crippen LogP contribution < -0.4 is 0 Å². The summed E-state index contributed by atoms with van der Waals surface area (Å²) in [6.45, 7) is 4.40. The molecule has 0 rings (SSSR count). The minimum Gasteiger partial charge on any atom is -0.462 e. The molecule has 11 nitrogen and oxygen atoms in total. The Bertz CT molecular complexity index is 1420. The van der Waals surface area contributed by atoms with Crippen LogP contribution >= 0.6 is 7.82 Å². The molecule has 3 unspecified atom stereocenters. The lowest BCUT2D eigenvalue weighted by molar-refractivity contribution is -0.161. The van der Waals surface area contributed by atoms with Crippen LogP contribution in [0.15, 0.2) is 72.9 Å². The molecule has 2 N–H and O–H groups in total. The minimum atomic E-state index is -4.76. The van der Waals surface area contributed by atoms with Gasteiger partial charge in [0.25, 0.3) is 0 Å². The van der Waals surface area contributed by atoms with E-state index in [2.05, 4.69) is 81.5 Å². The van der Waals surface area contributed by atoms with Gasteiger partial charge in [-0.25, -0.2) is 4.57 Å². The molecule has 0 bridgehead atoms. The van der Waals surface area contributed by atoms with E-state index in [1.807, 2.05) is 12.2 Å². The largest absolute Gasteiger partial charge is 0.472 e. The summed E-state index contributed by atoms with van der Waals surface area (Å²) >= 11 is 0. The molecule has 3 atom stereocenters. The highest BCUT2D eigenvalue weighted by Gasteiger charge is 2.28. The highest BCUT2D eigenvalue weighted by atomic mass is 31.2. The van der Waals surface area contributed by atoms with E-state index in [1.54, 1.807) is 0 Å². The number of carbonyl (C=O) groups is 3. The van der Waals surface area contributed by atoms with Crippen molar-refractivity contribution >= 4 is 25.7 Å². The van der Waals surface area contributed by atoms with Crippen molar-refractivity contribution in [2.24, 2.45) is 0 Å². The molecule has 0 aliphatic heterocycles. The number of ether oxygens (including phenoxy) is 3. The Balaban J connectivity index is 4.82. The Hall–Kier alpha value is -3.08. The Morgan fingerprint density at radius 3 is 1.26 bits per heavy atom. The summed E-state index contributed by atoms with van der Waals surface area (Å²) in [7, 11) is -4.76. The molecule has 0 aromatic heterocycles. The predicted octanol–water partition coefficient (Wildman–Crippen LogP) is 15.4. The number of hydrogen-bond acceptors (Lipinski definition) is 10. The highest BCUT2D eigenvalue weighted by Crippen LogP contribution is 2.43. The third-order valence-electron chi connectivity index (χ3n) is 11.1. The van der Waals surface area contributed by atoms with Gasteiger partial charge in [0, 0.05) is 19.3 Å². The molecule has 0 aliphatic carbocycles. The van der Waals surface area contributed by atoms with Crippen LogP contribution in [0, 0.1) is 0 Å². The van der Waals surface area contributed by atoms with E-state index < -0.39 is 57.8 Å². The van der Waals surface area contributed by atoms with E-state index in [1.165, 1.54) is 77.0 Å². The Labute approximate surface area is 414 Å². The lowest BCUT2D eigenvalue weighted by Gasteiger charge is -2.21. The molecular formula is C56H97O11P. The summed E-state index contributed by atoms with van der Waals surface area (Å²) in [6, 6.07) is 0. The van der Waals surface area contributed by atoms with Gasteiger partial charge in [-0.05, 0) is 77.0 Å². The number of carbonyl (C=O) groups excluding carboxylic acids is 3. The summed E-state index contributed by atoms with van der Waals surface area (Å²) in [5.41, 5.74) is 0. The fourth-order valence-electron chi connectivity index (χ4n) is 7.05. The Kier molecular flexibility index (Phi) is 48.0. The summed E-state index contributed by atoms with van der Waals surface area (Å²) in [5.74, 6) is -1.58. The van der Waals surface area contributed by atoms with Gasteiger partial charge in [0.05, 0.1) is 19.8 Å². The molecule has 0 radical (unpaired) electrons. The molecule has 0 fully saturated rings. The zero-order valence-corrected chi connectivity index (χ0v) is 43.9. The van der Waals surface area contributed by atoms with E-state index in [9.17, 15) is 28.9 Å². The van der Waals surface area contributed by atoms with E-state index in [0.717, 1.165) is 89.9 Å². The number of aliphatic hydroxyl groups is 1. The minimum absolute atomic E-state index is 0.101. The second-order valence-electron chi connectivity index (χ2n) is 17.7. The summed E-state index contributed by atoms with van der Waals surface area (Å²) in [4.78, 5) is 48.3. The van der Waals surface area contributed by atoms with Crippen LogP contribution in [0.25, 0.3) is 0 Å². The van der Waals surface area contributed by atoms with Gasteiger partial charge in [0.1, 0.15) is 12.7 Å². The highest BCUT2D eigenvalue weighted by molar-refractivity contribution is 7.47. The Morgan fingerprint density at radius 1 is 0.426 bits per heavy atom. The number of rotatable bonds is 49. The maximum atomic E-state index is 12.9. The number of unbranched alkanes of at least 4 members (excludes halogenated alkanes) is 20.